The lowest BCUT2D eigenvalue weighted by Crippen LogP contribution is -2.84. The Morgan fingerprint density at radius 3 is 2.63 bits per heavy atom. The third-order valence-electron chi connectivity index (χ3n) is 10.0. The van der Waals surface area contributed by atoms with Crippen molar-refractivity contribution in [3.63, 3.8) is 0 Å². The maximum atomic E-state index is 14.4. The molecule has 8 heteroatoms. The van der Waals surface area contributed by atoms with Crippen LogP contribution >= 0.6 is 0 Å². The fraction of sp³-hybridized carbons (Fsp3) is 0.593. The average molecular weight is 478 g/mol. The van der Waals surface area contributed by atoms with Gasteiger partial charge in [-0.25, -0.2) is 0 Å². The van der Waals surface area contributed by atoms with E-state index in [1.165, 1.54) is 0 Å². The predicted molar refractivity (Wildman–Crippen MR) is 128 cm³/mol. The zero-order chi connectivity index (χ0) is 24.8. The van der Waals surface area contributed by atoms with Gasteiger partial charge >= 0.3 is 0 Å². The van der Waals surface area contributed by atoms with Crippen LogP contribution in [0.3, 0.4) is 0 Å². The van der Waals surface area contributed by atoms with Gasteiger partial charge in [0.2, 0.25) is 5.91 Å². The van der Waals surface area contributed by atoms with Crippen molar-refractivity contribution in [2.45, 2.75) is 75.3 Å². The molecule has 0 unspecified atom stereocenters. The molecule has 35 heavy (non-hydrogen) atoms. The van der Waals surface area contributed by atoms with Gasteiger partial charge in [0.05, 0.1) is 5.69 Å². The number of ether oxygens (including phenoxy) is 2. The molecule has 7 aliphatic rings. The third kappa shape index (κ3) is 2.03. The number of ketones is 1. The van der Waals surface area contributed by atoms with Crippen molar-refractivity contribution in [1.29, 1.82) is 0 Å². The first-order valence-corrected chi connectivity index (χ1v) is 12.5. The zero-order valence-corrected chi connectivity index (χ0v) is 20.8. The van der Waals surface area contributed by atoms with Crippen LogP contribution in [0.4, 0.5) is 5.69 Å². The number of hydrogen-bond acceptors (Lipinski definition) is 6. The Balaban J connectivity index is 1.44. The zero-order valence-electron chi connectivity index (χ0n) is 20.8. The van der Waals surface area contributed by atoms with Crippen molar-refractivity contribution in [3.05, 3.63) is 29.3 Å². The molecular weight excluding hydrogens is 446 g/mol. The molecule has 8 rings (SSSR count). The number of rotatable bonds is 1. The van der Waals surface area contributed by atoms with E-state index < -0.39 is 33.7 Å². The quantitative estimate of drug-likeness (QED) is 0.645. The van der Waals surface area contributed by atoms with Crippen LogP contribution in [0, 0.1) is 11.3 Å². The van der Waals surface area contributed by atoms with E-state index in [2.05, 4.69) is 10.6 Å². The van der Waals surface area contributed by atoms with Gasteiger partial charge in [-0.2, -0.15) is 0 Å². The molecule has 0 radical (unpaired) electrons. The van der Waals surface area contributed by atoms with E-state index in [1.54, 1.807) is 12.0 Å². The summed E-state index contributed by atoms with van der Waals surface area (Å²) >= 11 is 0. The van der Waals surface area contributed by atoms with E-state index >= 15 is 0 Å². The lowest BCUT2D eigenvalue weighted by atomic mass is 9.59. The summed E-state index contributed by atoms with van der Waals surface area (Å²) in [6.07, 6.45) is 5.12. The molecule has 6 heterocycles. The molecule has 1 aliphatic carbocycles. The second-order valence-electron chi connectivity index (χ2n) is 12.2. The molecule has 1 saturated carbocycles. The minimum atomic E-state index is -1.29. The first kappa shape index (κ1) is 21.4. The van der Waals surface area contributed by atoms with Crippen LogP contribution in [-0.4, -0.2) is 64.5 Å². The van der Waals surface area contributed by atoms with Gasteiger partial charge < -0.3 is 25.0 Å². The smallest absolute Gasteiger partial charge is 0.252 e. The Labute approximate surface area is 204 Å². The number of methoxy groups -OCH3 is 1. The predicted octanol–water partition coefficient (Wildman–Crippen LogP) is 2.52. The normalized spacial score (nSPS) is 40.7. The molecule has 2 bridgehead atoms. The maximum Gasteiger partial charge on any atom is 0.252 e. The molecule has 2 N–H and O–H groups in total. The lowest BCUT2D eigenvalue weighted by molar-refractivity contribution is -0.181. The molecule has 1 aromatic carbocycles. The minimum absolute atomic E-state index is 0.0997. The van der Waals surface area contributed by atoms with E-state index in [0.717, 1.165) is 12.0 Å². The topological polar surface area (TPSA) is 97.0 Å². The monoisotopic (exact) mass is 477 g/mol. The molecule has 8 nitrogen and oxygen atoms in total. The Morgan fingerprint density at radius 1 is 1.11 bits per heavy atom. The second-order valence-corrected chi connectivity index (χ2v) is 12.2. The molecule has 0 aromatic heterocycles. The highest BCUT2D eigenvalue weighted by atomic mass is 16.5. The van der Waals surface area contributed by atoms with E-state index in [1.807, 2.05) is 52.0 Å². The highest BCUT2D eigenvalue weighted by Crippen LogP contribution is 2.68. The Kier molecular flexibility index (Phi) is 3.62. The van der Waals surface area contributed by atoms with Gasteiger partial charge in [-0.05, 0) is 57.4 Å². The molecule has 5 atom stereocenters. The fourth-order valence-corrected chi connectivity index (χ4v) is 8.42. The maximum absolute atomic E-state index is 14.4. The summed E-state index contributed by atoms with van der Waals surface area (Å²) in [5, 5.41) is 6.76. The van der Waals surface area contributed by atoms with Gasteiger partial charge in [0.1, 0.15) is 28.5 Å². The van der Waals surface area contributed by atoms with Gasteiger partial charge in [0, 0.05) is 36.1 Å². The van der Waals surface area contributed by atoms with E-state index in [4.69, 9.17) is 9.47 Å². The van der Waals surface area contributed by atoms with Crippen LogP contribution in [0.2, 0.25) is 0 Å². The first-order chi connectivity index (χ1) is 16.5. The Bertz CT molecular complexity index is 1280. The van der Waals surface area contributed by atoms with Crippen molar-refractivity contribution in [2.75, 3.05) is 19.0 Å². The number of nitrogens with one attached hydrogen (secondary N) is 2. The van der Waals surface area contributed by atoms with Crippen LogP contribution in [-0.2, 0) is 14.3 Å². The number of Topliss-reactive ketones (excluding diaryl/α,β-unsaturated/α-hetero) is 1. The van der Waals surface area contributed by atoms with Crippen LogP contribution in [0.1, 0.15) is 62.9 Å². The standard InChI is InChI=1S/C27H31N3O5/c1-23(2)11-9-14-16(35-23)8-7-15-18(14)28-27(19(15)31)20(34-5)26-17(24(27,3)4)13-25(21(32)29-26)10-6-12-30(25)22(26)33/h7-9,11,17,20,28H,6,10,12-13H2,1-5H3,(H,29,32)/t17-,20+,25-,26+,27-/m0/s1. The van der Waals surface area contributed by atoms with Crippen molar-refractivity contribution in [1.82, 2.24) is 10.2 Å². The molecule has 1 aromatic rings. The molecule has 5 fully saturated rings. The fourth-order valence-electron chi connectivity index (χ4n) is 8.42. The van der Waals surface area contributed by atoms with Gasteiger partial charge in [-0.3, -0.25) is 14.4 Å². The molecule has 184 valence electrons. The molecular formula is C27H31N3O5. The van der Waals surface area contributed by atoms with E-state index in [9.17, 15) is 14.4 Å². The number of piperazine rings is 1. The summed E-state index contributed by atoms with van der Waals surface area (Å²) in [5.74, 6) is 0.128. The minimum Gasteiger partial charge on any atom is -0.483 e. The number of nitrogens with zero attached hydrogens (tertiary/aromatic N) is 1. The first-order valence-electron chi connectivity index (χ1n) is 12.5. The van der Waals surface area contributed by atoms with Crippen LogP contribution in [0.5, 0.6) is 5.75 Å². The highest BCUT2D eigenvalue weighted by molar-refractivity contribution is 6.18. The number of fused-ring (bicyclic) bond motifs is 4. The van der Waals surface area contributed by atoms with Gasteiger partial charge in [-0.1, -0.05) is 13.8 Å². The third-order valence-corrected chi connectivity index (χ3v) is 10.0. The van der Waals surface area contributed by atoms with Gasteiger partial charge in [0.15, 0.2) is 11.3 Å². The summed E-state index contributed by atoms with van der Waals surface area (Å²) in [6, 6.07) is 3.66. The largest absolute Gasteiger partial charge is 0.483 e. The van der Waals surface area contributed by atoms with Crippen molar-refractivity contribution in [3.8, 4) is 5.75 Å². The number of benzene rings is 1. The summed E-state index contributed by atoms with van der Waals surface area (Å²) < 4.78 is 12.3. The van der Waals surface area contributed by atoms with E-state index in [-0.39, 0.29) is 23.5 Å². The van der Waals surface area contributed by atoms with Crippen molar-refractivity contribution >= 4 is 29.4 Å². The van der Waals surface area contributed by atoms with Gasteiger partial charge in [-0.15, -0.1) is 0 Å². The number of anilines is 1. The number of piperidine rings is 2. The van der Waals surface area contributed by atoms with Crippen molar-refractivity contribution < 1.29 is 23.9 Å². The molecule has 4 saturated heterocycles. The Morgan fingerprint density at radius 2 is 1.89 bits per heavy atom. The lowest BCUT2D eigenvalue weighted by Gasteiger charge is -2.59. The van der Waals surface area contributed by atoms with E-state index in [0.29, 0.717) is 36.4 Å². The Hall–Kier alpha value is -2.87. The van der Waals surface area contributed by atoms with Crippen LogP contribution in [0.15, 0.2) is 18.2 Å². The summed E-state index contributed by atoms with van der Waals surface area (Å²) in [6.45, 7) is 8.64. The molecule has 2 amide bonds. The number of carbonyl (C=O) groups excluding carboxylic acids is 3. The van der Waals surface area contributed by atoms with Crippen molar-refractivity contribution in [2.24, 2.45) is 11.3 Å². The number of amides is 2. The molecule has 3 spiro atoms. The molecule has 6 aliphatic heterocycles. The van der Waals surface area contributed by atoms with Crippen LogP contribution < -0.4 is 15.4 Å². The average Bonchev–Trinajstić information content (AvgIpc) is 3.40. The summed E-state index contributed by atoms with van der Waals surface area (Å²) in [7, 11) is 1.54. The van der Waals surface area contributed by atoms with Gasteiger partial charge in [0.25, 0.3) is 5.91 Å². The second kappa shape index (κ2) is 5.91. The van der Waals surface area contributed by atoms with Crippen LogP contribution in [0.25, 0.3) is 6.08 Å². The summed E-state index contributed by atoms with van der Waals surface area (Å²) in [4.78, 5) is 43.8. The summed E-state index contributed by atoms with van der Waals surface area (Å²) in [5.41, 5.74) is -2.38. The number of hydrogen-bond donors (Lipinski definition) is 2. The highest BCUT2D eigenvalue weighted by Gasteiger charge is 2.85. The SMILES string of the molecule is CO[C@@H]1[C@@]23NC(=O)[C@]4(CCCN4C2=O)C[C@H]3C(C)(C)[C@@]12Nc1c(ccc3c1C=CC(C)(C)O3)C2=O. The number of carbonyl (C=O) groups is 3.